The van der Waals surface area contributed by atoms with Crippen molar-refractivity contribution in [3.8, 4) is 0 Å². The number of hydrogen-bond acceptors (Lipinski definition) is 11. The number of esters is 2. The molecule has 1 unspecified atom stereocenters. The first-order chi connectivity index (χ1) is 31.5. The molecule has 14 heteroatoms. The number of hydrogen-bond donors (Lipinski definition) is 3. The maximum atomic E-state index is 12.8. The quantitative estimate of drug-likeness (QED) is 0.0187. The summed E-state index contributed by atoms with van der Waals surface area (Å²) in [6, 6.07) is 0. The molecular formula is C52H93NO12P+. The van der Waals surface area contributed by atoms with E-state index in [9.17, 15) is 34.1 Å². The number of quaternary nitrogens is 1. The summed E-state index contributed by atoms with van der Waals surface area (Å²) >= 11 is 0. The Balaban J connectivity index is 1.68. The van der Waals surface area contributed by atoms with Crippen LogP contribution < -0.4 is 0 Å². The molecule has 0 amide bonds. The molecule has 1 fully saturated rings. The van der Waals surface area contributed by atoms with E-state index in [1.807, 2.05) is 27.2 Å². The molecule has 6 atom stereocenters. The van der Waals surface area contributed by atoms with Gasteiger partial charge in [0.1, 0.15) is 37.1 Å². The highest BCUT2D eigenvalue weighted by molar-refractivity contribution is 7.47. The van der Waals surface area contributed by atoms with E-state index in [1.165, 1.54) is 74.0 Å². The number of aliphatic hydroxyl groups is 2. The van der Waals surface area contributed by atoms with Crippen molar-refractivity contribution in [2.24, 2.45) is 11.8 Å². The van der Waals surface area contributed by atoms with E-state index in [-0.39, 0.29) is 50.1 Å². The summed E-state index contributed by atoms with van der Waals surface area (Å²) in [6.07, 6.45) is 25.4. The summed E-state index contributed by atoms with van der Waals surface area (Å²) in [4.78, 5) is 48.5. The molecule has 1 aromatic heterocycles. The van der Waals surface area contributed by atoms with E-state index in [0.717, 1.165) is 77.0 Å². The molecule has 2 rings (SSSR count). The van der Waals surface area contributed by atoms with Gasteiger partial charge in [0.2, 0.25) is 0 Å². The lowest BCUT2D eigenvalue weighted by Crippen LogP contribution is -2.37. The predicted octanol–water partition coefficient (Wildman–Crippen LogP) is 11.2. The van der Waals surface area contributed by atoms with Gasteiger partial charge in [-0.2, -0.15) is 0 Å². The van der Waals surface area contributed by atoms with Gasteiger partial charge < -0.3 is 33.5 Å². The molecule has 1 saturated carbocycles. The van der Waals surface area contributed by atoms with Gasteiger partial charge in [0, 0.05) is 43.9 Å². The van der Waals surface area contributed by atoms with Crippen molar-refractivity contribution in [2.75, 3.05) is 47.5 Å². The third-order valence-corrected chi connectivity index (χ3v) is 13.9. The number of ether oxygens (including phenoxy) is 2. The zero-order valence-electron chi connectivity index (χ0n) is 42.4. The molecule has 1 aromatic rings. The van der Waals surface area contributed by atoms with E-state index >= 15 is 0 Å². The van der Waals surface area contributed by atoms with Gasteiger partial charge in [0.25, 0.3) is 0 Å². The van der Waals surface area contributed by atoms with Crippen molar-refractivity contribution in [3.63, 3.8) is 0 Å². The number of Topliss-reactive ketones (excluding diaryl/α,β-unsaturated/α-hetero) is 1. The van der Waals surface area contributed by atoms with Gasteiger partial charge in [0.15, 0.2) is 6.10 Å². The third-order valence-electron chi connectivity index (χ3n) is 12.9. The average molecular weight is 955 g/mol. The van der Waals surface area contributed by atoms with Crippen molar-refractivity contribution in [1.82, 2.24) is 0 Å². The van der Waals surface area contributed by atoms with E-state index in [2.05, 4.69) is 27.7 Å². The number of carbonyl (C=O) groups excluding carboxylic acids is 3. The Morgan fingerprint density at radius 2 is 1.29 bits per heavy atom. The molecule has 3 N–H and O–H groups in total. The molecule has 382 valence electrons. The lowest BCUT2D eigenvalue weighted by molar-refractivity contribution is -0.870. The van der Waals surface area contributed by atoms with Crippen LogP contribution >= 0.6 is 7.82 Å². The first-order valence-electron chi connectivity index (χ1n) is 25.9. The van der Waals surface area contributed by atoms with Crippen LogP contribution in [-0.2, 0) is 50.3 Å². The number of phosphoric acid groups is 1. The molecule has 0 bridgehead atoms. The number of phosphoric ester groups is 1. The van der Waals surface area contributed by atoms with E-state index in [0.29, 0.717) is 36.7 Å². The van der Waals surface area contributed by atoms with Gasteiger partial charge in [-0.05, 0) is 63.5 Å². The van der Waals surface area contributed by atoms with E-state index < -0.39 is 44.7 Å². The Morgan fingerprint density at radius 3 is 1.88 bits per heavy atom. The molecule has 0 aromatic carbocycles. The third kappa shape index (κ3) is 27.0. The summed E-state index contributed by atoms with van der Waals surface area (Å²) in [6.45, 7) is 8.40. The lowest BCUT2D eigenvalue weighted by Gasteiger charge is -2.24. The van der Waals surface area contributed by atoms with Gasteiger partial charge in [0.05, 0.1) is 40.0 Å². The SMILES string of the molecule is CCCCCc1oc(CCCCCCCCCCCCC(=O)O[C@H](COC(=O)CCCCCC[C@H]2C(=O)C[C@@H](O)[C@@H]2/C=C/[C@@H](O)CCCCC)COP(=O)(O)OCC[N+](C)(C)C)c(C)c1C. The van der Waals surface area contributed by atoms with Crippen LogP contribution in [0.5, 0.6) is 0 Å². The van der Waals surface area contributed by atoms with Crippen LogP contribution in [0.3, 0.4) is 0 Å². The number of aliphatic hydroxyl groups excluding tert-OH is 2. The standard InChI is InChI=1S/C52H92NO12P/c1-8-10-22-28-43(54)34-35-46-45(47(55)38-48(46)56)29-24-20-21-26-32-51(57)61-39-44(40-63-66(59,60)62-37-36-53(5,6)7)64-52(58)33-27-19-17-15-13-12-14-16-18-25-31-50-42(4)41(3)49(65-50)30-23-11-9-2/h34-35,43-46,48,54,56H,8-33,36-40H2,1-7H3/p+1/b35-34+/t43-,44+,45+,46+,48+/m0/s1. The fraction of sp³-hybridized carbons (Fsp3) is 0.827. The van der Waals surface area contributed by atoms with Crippen LogP contribution in [0.4, 0.5) is 0 Å². The minimum Gasteiger partial charge on any atom is -0.466 e. The maximum absolute atomic E-state index is 12.8. The highest BCUT2D eigenvalue weighted by atomic mass is 31.2. The predicted molar refractivity (Wildman–Crippen MR) is 261 cm³/mol. The van der Waals surface area contributed by atoms with Crippen LogP contribution in [0, 0.1) is 25.7 Å². The Morgan fingerprint density at radius 1 is 0.758 bits per heavy atom. The second-order valence-electron chi connectivity index (χ2n) is 19.9. The van der Waals surface area contributed by atoms with Crippen LogP contribution in [0.1, 0.15) is 197 Å². The molecule has 0 spiro atoms. The van der Waals surface area contributed by atoms with Crippen LogP contribution in [0.25, 0.3) is 0 Å². The fourth-order valence-corrected chi connectivity index (χ4v) is 9.24. The molecule has 0 radical (unpaired) electrons. The Hall–Kier alpha value is -2.38. The van der Waals surface area contributed by atoms with E-state index in [4.69, 9.17) is 22.9 Å². The molecule has 1 aliphatic carbocycles. The highest BCUT2D eigenvalue weighted by Crippen LogP contribution is 2.43. The van der Waals surface area contributed by atoms with Gasteiger partial charge in [-0.25, -0.2) is 4.57 Å². The Labute approximate surface area is 399 Å². The minimum atomic E-state index is -4.45. The molecule has 0 aliphatic heterocycles. The first-order valence-corrected chi connectivity index (χ1v) is 27.4. The molecule has 1 aliphatic rings. The number of furan rings is 1. The topological polar surface area (TPSA) is 179 Å². The van der Waals surface area contributed by atoms with Crippen molar-refractivity contribution >= 4 is 25.5 Å². The summed E-state index contributed by atoms with van der Waals surface area (Å²) in [5, 5.41) is 20.8. The van der Waals surface area contributed by atoms with Crippen LogP contribution in [0.2, 0.25) is 0 Å². The number of aryl methyl sites for hydroxylation is 2. The second kappa shape index (κ2) is 34.0. The maximum Gasteiger partial charge on any atom is 0.472 e. The molecule has 13 nitrogen and oxygen atoms in total. The van der Waals surface area contributed by atoms with Crippen molar-refractivity contribution in [2.45, 2.75) is 219 Å². The van der Waals surface area contributed by atoms with Gasteiger partial charge in [-0.3, -0.25) is 23.4 Å². The average Bonchev–Trinajstić information content (AvgIpc) is 3.68. The monoisotopic (exact) mass is 955 g/mol. The Bertz CT molecular complexity index is 1570. The van der Waals surface area contributed by atoms with E-state index in [1.54, 1.807) is 6.08 Å². The van der Waals surface area contributed by atoms with Crippen molar-refractivity contribution < 1.29 is 61.5 Å². The fourth-order valence-electron chi connectivity index (χ4n) is 8.50. The number of ketones is 1. The Kier molecular flexibility index (Phi) is 30.8. The number of rotatable bonds is 40. The second-order valence-corrected chi connectivity index (χ2v) is 21.4. The summed E-state index contributed by atoms with van der Waals surface area (Å²) < 4.78 is 40.7. The van der Waals surface area contributed by atoms with Gasteiger partial charge >= 0.3 is 19.8 Å². The molecule has 0 saturated heterocycles. The smallest absolute Gasteiger partial charge is 0.466 e. The molecule has 66 heavy (non-hydrogen) atoms. The first kappa shape index (κ1) is 59.7. The number of unbranched alkanes of at least 4 members (excludes halogenated alkanes) is 16. The lowest BCUT2D eigenvalue weighted by atomic mass is 9.88. The van der Waals surface area contributed by atoms with Crippen molar-refractivity contribution in [1.29, 1.82) is 0 Å². The number of nitrogens with zero attached hydrogens (tertiary/aromatic N) is 1. The largest absolute Gasteiger partial charge is 0.472 e. The van der Waals surface area contributed by atoms with Gasteiger partial charge in [-0.15, -0.1) is 0 Å². The zero-order valence-corrected chi connectivity index (χ0v) is 43.3. The summed E-state index contributed by atoms with van der Waals surface area (Å²) in [7, 11) is 1.33. The molecular weight excluding hydrogens is 862 g/mol. The van der Waals surface area contributed by atoms with Gasteiger partial charge in [-0.1, -0.05) is 129 Å². The van der Waals surface area contributed by atoms with Crippen LogP contribution in [-0.4, -0.2) is 103 Å². The van der Waals surface area contributed by atoms with Crippen molar-refractivity contribution in [3.05, 3.63) is 34.8 Å². The van der Waals surface area contributed by atoms with Crippen LogP contribution in [0.15, 0.2) is 16.6 Å². The summed E-state index contributed by atoms with van der Waals surface area (Å²) in [5.74, 6) is 0.861. The number of likely N-dealkylation sites (N-methyl/N-ethyl adjacent to an activating group) is 1. The normalized spacial score (nSPS) is 18.5. The highest BCUT2D eigenvalue weighted by Gasteiger charge is 2.39. The summed E-state index contributed by atoms with van der Waals surface area (Å²) in [5.41, 5.74) is 2.67. The number of carbonyl (C=O) groups is 3. The minimum absolute atomic E-state index is 0.0113. The zero-order chi connectivity index (χ0) is 48.8. The molecule has 1 heterocycles.